The summed E-state index contributed by atoms with van der Waals surface area (Å²) < 4.78 is 12.5. The molecule has 0 atom stereocenters. The van der Waals surface area contributed by atoms with Gasteiger partial charge >= 0.3 is 7.12 Å². The maximum Gasteiger partial charge on any atom is 0.494 e. The molecule has 2 aliphatic rings. The van der Waals surface area contributed by atoms with Crippen molar-refractivity contribution in [2.75, 3.05) is 5.73 Å². The van der Waals surface area contributed by atoms with Crippen molar-refractivity contribution < 1.29 is 9.31 Å². The number of nitrogen functional groups attached to an aromatic ring is 1. The molecular weight excluding hydrogens is 309 g/mol. The van der Waals surface area contributed by atoms with Gasteiger partial charge in [0.15, 0.2) is 0 Å². The first-order chi connectivity index (χ1) is 11.5. The first kappa shape index (κ1) is 16.7. The molecule has 4 heteroatoms. The van der Waals surface area contributed by atoms with E-state index in [1.54, 1.807) is 0 Å². The zero-order valence-corrected chi connectivity index (χ0v) is 15.9. The summed E-state index contributed by atoms with van der Waals surface area (Å²) in [6.07, 6.45) is 0. The van der Waals surface area contributed by atoms with Gasteiger partial charge in [-0.1, -0.05) is 38.1 Å². The molecule has 3 nitrogen and oxygen atoms in total. The third-order valence-electron chi connectivity index (χ3n) is 6.25. The molecule has 2 N–H and O–H groups in total. The molecule has 1 heterocycles. The van der Waals surface area contributed by atoms with Gasteiger partial charge in [-0.15, -0.1) is 0 Å². The lowest BCUT2D eigenvalue weighted by Crippen LogP contribution is -2.41. The normalized spacial score (nSPS) is 21.9. The summed E-state index contributed by atoms with van der Waals surface area (Å²) in [5.41, 5.74) is 12.3. The first-order valence-electron chi connectivity index (χ1n) is 8.93. The number of fused-ring (bicyclic) bond motifs is 3. The molecular formula is C21H26BNO2. The van der Waals surface area contributed by atoms with Crippen LogP contribution in [-0.2, 0) is 14.7 Å². The Morgan fingerprint density at radius 3 is 1.88 bits per heavy atom. The van der Waals surface area contributed by atoms with Gasteiger partial charge in [-0.2, -0.15) is 0 Å². The van der Waals surface area contributed by atoms with Gasteiger partial charge in [-0.3, -0.25) is 0 Å². The average Bonchev–Trinajstić information content (AvgIpc) is 2.87. The fourth-order valence-electron chi connectivity index (χ4n) is 3.90. The molecule has 0 amide bonds. The Balaban J connectivity index is 1.79. The number of nitrogens with two attached hydrogens (primary N) is 1. The van der Waals surface area contributed by atoms with Crippen LogP contribution in [0.4, 0.5) is 5.69 Å². The molecule has 0 aromatic heterocycles. The predicted octanol–water partition coefficient (Wildman–Crippen LogP) is 3.87. The number of anilines is 1. The van der Waals surface area contributed by atoms with Crippen molar-refractivity contribution >= 4 is 18.3 Å². The van der Waals surface area contributed by atoms with E-state index in [9.17, 15) is 0 Å². The molecule has 130 valence electrons. The van der Waals surface area contributed by atoms with Crippen molar-refractivity contribution in [3.05, 3.63) is 47.5 Å². The zero-order chi connectivity index (χ0) is 18.2. The summed E-state index contributed by atoms with van der Waals surface area (Å²) >= 11 is 0. The highest BCUT2D eigenvalue weighted by molar-refractivity contribution is 6.62. The summed E-state index contributed by atoms with van der Waals surface area (Å²) in [7, 11) is -0.333. The Kier molecular flexibility index (Phi) is 3.27. The standard InChI is InChI=1S/C21H26BNO2/c1-19(2)17-11-13(22-24-20(3,4)21(5,6)25-22)7-9-15(17)16-10-8-14(23)12-18(16)19/h7-12H,23H2,1-6H3. The van der Waals surface area contributed by atoms with Crippen LogP contribution in [0, 0.1) is 0 Å². The fraction of sp³-hybridized carbons (Fsp3) is 0.429. The van der Waals surface area contributed by atoms with Gasteiger partial charge in [0, 0.05) is 11.1 Å². The minimum absolute atomic E-state index is 0.0836. The van der Waals surface area contributed by atoms with Crippen LogP contribution in [0.3, 0.4) is 0 Å². The average molecular weight is 335 g/mol. The number of hydrogen-bond donors (Lipinski definition) is 1. The molecule has 1 aliphatic heterocycles. The van der Waals surface area contributed by atoms with Crippen molar-refractivity contribution in [2.24, 2.45) is 0 Å². The lowest BCUT2D eigenvalue weighted by Gasteiger charge is -2.32. The van der Waals surface area contributed by atoms with Gasteiger partial charge < -0.3 is 15.0 Å². The zero-order valence-electron chi connectivity index (χ0n) is 15.9. The summed E-state index contributed by atoms with van der Waals surface area (Å²) in [6, 6.07) is 12.8. The lowest BCUT2D eigenvalue weighted by atomic mass is 9.74. The maximum atomic E-state index is 6.23. The molecule has 1 aliphatic carbocycles. The van der Waals surface area contributed by atoms with Crippen molar-refractivity contribution in [1.82, 2.24) is 0 Å². The lowest BCUT2D eigenvalue weighted by molar-refractivity contribution is 0.00578. The van der Waals surface area contributed by atoms with E-state index in [0.717, 1.165) is 11.2 Å². The van der Waals surface area contributed by atoms with Crippen LogP contribution in [0.15, 0.2) is 36.4 Å². The van der Waals surface area contributed by atoms with Crippen LogP contribution in [0.2, 0.25) is 0 Å². The molecule has 0 saturated carbocycles. The minimum atomic E-state index is -0.333. The van der Waals surface area contributed by atoms with Crippen molar-refractivity contribution in [1.29, 1.82) is 0 Å². The second kappa shape index (κ2) is 4.90. The van der Waals surface area contributed by atoms with Crippen molar-refractivity contribution in [3.63, 3.8) is 0 Å². The third kappa shape index (κ3) is 2.27. The Morgan fingerprint density at radius 2 is 1.28 bits per heavy atom. The second-order valence-electron chi connectivity index (χ2n) is 8.82. The van der Waals surface area contributed by atoms with E-state index in [4.69, 9.17) is 15.0 Å². The van der Waals surface area contributed by atoms with Crippen LogP contribution < -0.4 is 11.2 Å². The highest BCUT2D eigenvalue weighted by Crippen LogP contribution is 2.49. The Bertz CT molecular complexity index is 854. The second-order valence-corrected chi connectivity index (χ2v) is 8.82. The van der Waals surface area contributed by atoms with Crippen LogP contribution in [-0.4, -0.2) is 18.3 Å². The minimum Gasteiger partial charge on any atom is -0.399 e. The molecule has 0 radical (unpaired) electrons. The van der Waals surface area contributed by atoms with E-state index in [1.165, 1.54) is 22.3 Å². The van der Waals surface area contributed by atoms with Crippen LogP contribution in [0.1, 0.15) is 52.7 Å². The summed E-state index contributed by atoms with van der Waals surface area (Å²) in [5.74, 6) is 0. The summed E-state index contributed by atoms with van der Waals surface area (Å²) in [6.45, 7) is 12.9. The van der Waals surface area contributed by atoms with E-state index in [1.807, 2.05) is 6.07 Å². The van der Waals surface area contributed by atoms with Gasteiger partial charge in [0.05, 0.1) is 11.2 Å². The maximum absolute atomic E-state index is 6.23. The monoisotopic (exact) mass is 335 g/mol. The van der Waals surface area contributed by atoms with E-state index in [2.05, 4.69) is 71.9 Å². The molecule has 0 bridgehead atoms. The number of rotatable bonds is 1. The van der Waals surface area contributed by atoms with Gasteiger partial charge in [0.25, 0.3) is 0 Å². The predicted molar refractivity (Wildman–Crippen MR) is 104 cm³/mol. The smallest absolute Gasteiger partial charge is 0.399 e. The number of hydrogen-bond acceptors (Lipinski definition) is 3. The van der Waals surface area contributed by atoms with Crippen molar-refractivity contribution in [3.8, 4) is 11.1 Å². The molecule has 0 spiro atoms. The molecule has 1 fully saturated rings. The van der Waals surface area contributed by atoms with Gasteiger partial charge in [-0.25, -0.2) is 0 Å². The van der Waals surface area contributed by atoms with Gasteiger partial charge in [-0.05, 0) is 67.5 Å². The molecule has 0 unspecified atom stereocenters. The quantitative estimate of drug-likeness (QED) is 0.635. The fourth-order valence-corrected chi connectivity index (χ4v) is 3.90. The largest absolute Gasteiger partial charge is 0.494 e. The molecule has 1 saturated heterocycles. The van der Waals surface area contributed by atoms with Crippen LogP contribution in [0.25, 0.3) is 11.1 Å². The van der Waals surface area contributed by atoms with Gasteiger partial charge in [0.2, 0.25) is 0 Å². The molecule has 4 rings (SSSR count). The van der Waals surface area contributed by atoms with Crippen LogP contribution >= 0.6 is 0 Å². The van der Waals surface area contributed by atoms with E-state index >= 15 is 0 Å². The molecule has 2 aromatic carbocycles. The van der Waals surface area contributed by atoms with Crippen LogP contribution in [0.5, 0.6) is 0 Å². The summed E-state index contributed by atoms with van der Waals surface area (Å²) in [4.78, 5) is 0. The van der Waals surface area contributed by atoms with Gasteiger partial charge in [0.1, 0.15) is 0 Å². The first-order valence-corrected chi connectivity index (χ1v) is 8.93. The molecule has 25 heavy (non-hydrogen) atoms. The molecule has 2 aromatic rings. The SMILES string of the molecule is CC1(C)c2cc(N)ccc2-c2ccc(B3OC(C)(C)C(C)(C)O3)cc21. The highest BCUT2D eigenvalue weighted by atomic mass is 16.7. The highest BCUT2D eigenvalue weighted by Gasteiger charge is 2.52. The van der Waals surface area contributed by atoms with E-state index < -0.39 is 0 Å². The Hall–Kier alpha value is -1.78. The van der Waals surface area contributed by atoms with E-state index in [0.29, 0.717) is 0 Å². The van der Waals surface area contributed by atoms with E-state index in [-0.39, 0.29) is 23.7 Å². The third-order valence-corrected chi connectivity index (χ3v) is 6.25. The summed E-state index contributed by atoms with van der Waals surface area (Å²) in [5, 5.41) is 0. The van der Waals surface area contributed by atoms with Crippen molar-refractivity contribution in [2.45, 2.75) is 58.2 Å². The Labute approximate surface area is 150 Å². The topological polar surface area (TPSA) is 44.5 Å². The Morgan fingerprint density at radius 1 is 0.760 bits per heavy atom. The number of benzene rings is 2.